The Hall–Kier alpha value is -7.32. The van der Waals surface area contributed by atoms with Crippen molar-refractivity contribution in [1.29, 1.82) is 0 Å². The van der Waals surface area contributed by atoms with E-state index in [0.717, 1.165) is 24.9 Å². The monoisotopic (exact) mass is 1060 g/mol. The first-order valence-electron chi connectivity index (χ1n) is 19.1. The summed E-state index contributed by atoms with van der Waals surface area (Å²) in [5, 5.41) is 41.2. The SMILES string of the molecule is C.C.CO.COC(=O)c1cc[nH]c(=O)c1.COC(=O)c1ccn(-c2ccccc2)c(=O)c1.O=C(O)c1cc[nH]c(=O)c1.O=C(O)c1ccn(-c2ccccc2)c(=O)c1.O=S(Cl)Cl.OB(O)c1ccccc1.[B].[H-].[Li+]. The molecule has 383 valence electrons. The van der Waals surface area contributed by atoms with Crippen LogP contribution < -0.4 is 46.6 Å². The number of carboxylic acids is 2. The summed E-state index contributed by atoms with van der Waals surface area (Å²) in [6.07, 6.45) is 5.71. The maximum absolute atomic E-state index is 11.8. The van der Waals surface area contributed by atoms with E-state index in [0.29, 0.717) is 11.2 Å². The van der Waals surface area contributed by atoms with Crippen LogP contribution in [0.2, 0.25) is 0 Å². The van der Waals surface area contributed by atoms with E-state index in [4.69, 9.17) is 29.6 Å². The standard InChI is InChI=1S/C13H11NO3.C12H9NO3.C7H7NO3.C6H7BO2.C6H5NO3.CH4O.2CH4.B.Cl2OS.Li.H/c1-17-13(16)10-7-8-14(12(15)9-10)11-5-3-2-4-6-11;14-11-8-9(12(15)16)6-7-13(11)10-4-2-1-3-5-10;1-11-7(10)5-2-3-8-6(9)4-5;8-7(9)6-4-2-1-3-5-6;8-5-3-4(6(9)10)1-2-7-5;1-2;;;;1-4(2)3;;/h2-9H,1H3;1-8H,(H,15,16);2-4H,1H3,(H,8,9);1-5,8-9H;1-3H,(H,7,8)(H,9,10);2H,1H3;2*1H4;;;;/q;;;;;;;;;;+1;-1. The predicted molar refractivity (Wildman–Crippen MR) is 279 cm³/mol. The number of carbonyl (C=O) groups is 4. The fraction of sp³-hybridized carbons (Fsp3) is 0.106. The third-order valence-electron chi connectivity index (χ3n) is 7.89. The molecule has 0 aliphatic rings. The molecule has 0 fully saturated rings. The van der Waals surface area contributed by atoms with E-state index in [2.05, 4.69) is 40.8 Å². The van der Waals surface area contributed by atoms with E-state index in [-0.39, 0.29) is 82.5 Å². The number of halogens is 2. The number of rotatable bonds is 7. The third kappa shape index (κ3) is 28.3. The van der Waals surface area contributed by atoms with E-state index < -0.39 is 45.8 Å². The molecule has 3 aromatic carbocycles. The van der Waals surface area contributed by atoms with Crippen molar-refractivity contribution in [2.45, 2.75) is 14.9 Å². The van der Waals surface area contributed by atoms with Gasteiger partial charge in [-0.1, -0.05) is 81.6 Å². The molecule has 26 heteroatoms. The van der Waals surface area contributed by atoms with Crippen LogP contribution in [-0.4, -0.2) is 109 Å². The summed E-state index contributed by atoms with van der Waals surface area (Å²) < 4.78 is 20.9. The van der Waals surface area contributed by atoms with Crippen molar-refractivity contribution in [2.75, 3.05) is 21.3 Å². The predicted octanol–water partition coefficient (Wildman–Crippen LogP) is 1.42. The number of methoxy groups -OCH3 is 2. The second kappa shape index (κ2) is 40.3. The fourth-order valence-corrected chi connectivity index (χ4v) is 4.83. The minimum Gasteiger partial charge on any atom is -1.00 e. The van der Waals surface area contributed by atoms with Gasteiger partial charge in [-0.15, -0.1) is 0 Å². The molecule has 0 spiro atoms. The molecular formula is C47H52B2Cl2LiN4O16S. The zero-order chi connectivity index (χ0) is 51.9. The molecule has 0 bridgehead atoms. The van der Waals surface area contributed by atoms with Gasteiger partial charge in [0.15, 0.2) is 0 Å². The van der Waals surface area contributed by atoms with Crippen molar-refractivity contribution >= 4 is 75.5 Å². The number of para-hydroxylation sites is 2. The zero-order valence-corrected chi connectivity index (χ0v) is 40.4. The molecule has 4 aromatic heterocycles. The number of hydrogen-bond donors (Lipinski definition) is 7. The molecule has 0 atom stereocenters. The van der Waals surface area contributed by atoms with Gasteiger partial charge in [-0.2, -0.15) is 0 Å². The van der Waals surface area contributed by atoms with Crippen LogP contribution in [0.4, 0.5) is 0 Å². The maximum atomic E-state index is 11.8. The Balaban J connectivity index is -0.000000261. The Morgan fingerprint density at radius 1 is 0.562 bits per heavy atom. The Bertz CT molecular complexity index is 2970. The Morgan fingerprint density at radius 3 is 1.16 bits per heavy atom. The number of carbonyl (C=O) groups excluding carboxylic acids is 2. The van der Waals surface area contributed by atoms with Crippen LogP contribution in [0.15, 0.2) is 183 Å². The number of nitrogens with one attached hydrogen (secondary N) is 2. The fourth-order valence-electron chi connectivity index (χ4n) is 4.83. The molecule has 7 N–H and O–H groups in total. The van der Waals surface area contributed by atoms with Gasteiger partial charge in [0.1, 0.15) is 0 Å². The number of pyridine rings is 4. The van der Waals surface area contributed by atoms with Gasteiger partial charge in [0.2, 0.25) is 20.3 Å². The number of hydrogen-bond acceptors (Lipinski definition) is 14. The van der Waals surface area contributed by atoms with Crippen LogP contribution in [-0.2, 0) is 18.7 Å². The quantitative estimate of drug-likeness (QED) is 0.0675. The van der Waals surface area contributed by atoms with Gasteiger partial charge in [0, 0.05) is 97.3 Å². The molecule has 20 nitrogen and oxygen atoms in total. The Labute approximate surface area is 446 Å². The van der Waals surface area contributed by atoms with Crippen LogP contribution in [0.25, 0.3) is 11.4 Å². The summed E-state index contributed by atoms with van der Waals surface area (Å²) >= 11 is 0. The average Bonchev–Trinajstić information content (AvgIpc) is 3.35. The van der Waals surface area contributed by atoms with Gasteiger partial charge >= 0.3 is 49.9 Å². The van der Waals surface area contributed by atoms with Crippen molar-refractivity contribution in [3.63, 3.8) is 0 Å². The van der Waals surface area contributed by atoms with Crippen LogP contribution in [0, 0.1) is 0 Å². The summed E-state index contributed by atoms with van der Waals surface area (Å²) in [6.45, 7) is 0. The van der Waals surface area contributed by atoms with Crippen molar-refractivity contribution in [1.82, 2.24) is 19.1 Å². The minimum atomic E-state index is -1.67. The van der Waals surface area contributed by atoms with E-state index >= 15 is 0 Å². The average molecular weight is 1060 g/mol. The number of nitrogens with zero attached hydrogens (tertiary/aromatic N) is 2. The molecule has 3 radical (unpaired) electrons. The van der Waals surface area contributed by atoms with Crippen molar-refractivity contribution in [2.24, 2.45) is 0 Å². The first-order chi connectivity index (χ1) is 32.9. The van der Waals surface area contributed by atoms with E-state index in [1.165, 1.54) is 72.3 Å². The number of carboxylic acid groups (broad SMARTS) is 2. The first kappa shape index (κ1) is 72.2. The van der Waals surface area contributed by atoms with Gasteiger partial charge in [-0.3, -0.25) is 28.3 Å². The molecule has 73 heavy (non-hydrogen) atoms. The maximum Gasteiger partial charge on any atom is 1.00 e. The van der Waals surface area contributed by atoms with Gasteiger partial charge in [-0.05, 0) is 54.0 Å². The van der Waals surface area contributed by atoms with Crippen LogP contribution in [0.3, 0.4) is 0 Å². The Morgan fingerprint density at radius 2 is 0.863 bits per heavy atom. The number of aromatic carboxylic acids is 2. The molecule has 0 aliphatic carbocycles. The normalized spacial score (nSPS) is 8.84. The van der Waals surface area contributed by atoms with E-state index in [1.807, 2.05) is 54.6 Å². The second-order valence-corrected chi connectivity index (χ2v) is 14.9. The molecular weight excluding hydrogens is 1010 g/mol. The van der Waals surface area contributed by atoms with Crippen LogP contribution in [0.5, 0.6) is 0 Å². The zero-order valence-electron chi connectivity index (χ0n) is 39.0. The van der Waals surface area contributed by atoms with Gasteiger partial charge in [0.25, 0.3) is 11.1 Å². The van der Waals surface area contributed by atoms with Crippen LogP contribution >= 0.6 is 21.4 Å². The summed E-state index contributed by atoms with van der Waals surface area (Å²) in [4.78, 5) is 92.2. The summed E-state index contributed by atoms with van der Waals surface area (Å²) in [7, 11) is 9.57. The molecule has 0 unspecified atom stereocenters. The van der Waals surface area contributed by atoms with E-state index in [1.54, 1.807) is 48.7 Å². The smallest absolute Gasteiger partial charge is 1.00 e. The Kier molecular flexibility index (Phi) is 39.9. The van der Waals surface area contributed by atoms with Crippen molar-refractivity contribution < 1.29 is 78.5 Å². The van der Waals surface area contributed by atoms with Gasteiger partial charge in [-0.25, -0.2) is 23.4 Å². The van der Waals surface area contributed by atoms with Crippen molar-refractivity contribution in [3.8, 4) is 11.4 Å². The number of ether oxygens (including phenoxy) is 2. The number of esters is 2. The molecule has 0 saturated carbocycles. The number of aliphatic hydroxyl groups excluding tert-OH is 1. The minimum absolute atomic E-state index is 0. The number of H-pyrrole nitrogens is 2. The third-order valence-corrected chi connectivity index (χ3v) is 7.89. The van der Waals surface area contributed by atoms with Gasteiger partial charge < -0.3 is 46.2 Å². The number of aromatic nitrogens is 4. The summed E-state index contributed by atoms with van der Waals surface area (Å²) in [5.74, 6) is -3.21. The van der Waals surface area contributed by atoms with E-state index in [9.17, 15) is 38.4 Å². The molecule has 7 rings (SSSR count). The van der Waals surface area contributed by atoms with Crippen molar-refractivity contribution in [3.05, 3.63) is 228 Å². The molecule has 7 aromatic rings. The van der Waals surface area contributed by atoms with Gasteiger partial charge in [0.05, 0.1) is 36.5 Å². The molecule has 0 saturated heterocycles. The first-order valence-corrected chi connectivity index (χ1v) is 21.9. The number of benzene rings is 3. The molecule has 4 heterocycles. The van der Waals surface area contributed by atoms with Crippen LogP contribution in [0.1, 0.15) is 57.7 Å². The summed E-state index contributed by atoms with van der Waals surface area (Å²) in [6, 6.07) is 37.2. The number of aliphatic hydroxyl groups is 1. The summed E-state index contributed by atoms with van der Waals surface area (Å²) in [5.41, 5.74) is 1.18. The topological polar surface area (TPSA) is 315 Å². The molecule has 0 aliphatic heterocycles. The number of aromatic amines is 2. The molecule has 0 amide bonds. The second-order valence-electron chi connectivity index (χ2n) is 12.4. The largest absolute Gasteiger partial charge is 1.00 e.